The maximum atomic E-state index is 12.0. The molecule has 21 heavy (non-hydrogen) atoms. The van der Waals surface area contributed by atoms with Crippen LogP contribution in [0.1, 0.15) is 70.6 Å². The van der Waals surface area contributed by atoms with Crippen molar-refractivity contribution in [3.63, 3.8) is 0 Å². The van der Waals surface area contributed by atoms with Crippen LogP contribution in [0.5, 0.6) is 0 Å². The molecule has 3 nitrogen and oxygen atoms in total. The van der Waals surface area contributed by atoms with Crippen molar-refractivity contribution >= 4 is 9.84 Å². The van der Waals surface area contributed by atoms with Crippen molar-refractivity contribution in [3.8, 4) is 0 Å². The molecule has 3 rings (SSSR count). The number of sulfone groups is 1. The summed E-state index contributed by atoms with van der Waals surface area (Å²) in [7, 11) is -2.79. The van der Waals surface area contributed by atoms with E-state index in [-0.39, 0.29) is 5.25 Å². The maximum absolute atomic E-state index is 12.0. The van der Waals surface area contributed by atoms with Crippen LogP contribution >= 0.6 is 0 Å². The second-order valence-electron chi connectivity index (χ2n) is 7.49. The van der Waals surface area contributed by atoms with Crippen LogP contribution in [0.2, 0.25) is 0 Å². The van der Waals surface area contributed by atoms with E-state index in [1.54, 1.807) is 0 Å². The van der Waals surface area contributed by atoms with Crippen LogP contribution in [0.25, 0.3) is 0 Å². The molecule has 0 aromatic carbocycles. The normalized spacial score (nSPS) is 37.6. The summed E-state index contributed by atoms with van der Waals surface area (Å²) in [5.74, 6) is 2.12. The van der Waals surface area contributed by atoms with Gasteiger partial charge in [-0.25, -0.2) is 8.42 Å². The summed E-state index contributed by atoms with van der Waals surface area (Å²) < 4.78 is 24.0. The van der Waals surface area contributed by atoms with Crippen molar-refractivity contribution in [2.24, 2.45) is 11.8 Å². The highest BCUT2D eigenvalue weighted by molar-refractivity contribution is 7.92. The van der Waals surface area contributed by atoms with E-state index in [2.05, 4.69) is 5.32 Å². The summed E-state index contributed by atoms with van der Waals surface area (Å²) in [6.45, 7) is 0.705. The van der Waals surface area contributed by atoms with Crippen molar-refractivity contribution in [3.05, 3.63) is 0 Å². The van der Waals surface area contributed by atoms with Gasteiger partial charge in [0.1, 0.15) is 0 Å². The van der Waals surface area contributed by atoms with Gasteiger partial charge in [-0.15, -0.1) is 0 Å². The zero-order valence-electron chi connectivity index (χ0n) is 13.2. The molecule has 1 aliphatic heterocycles. The lowest BCUT2D eigenvalue weighted by Gasteiger charge is -2.40. The van der Waals surface area contributed by atoms with Gasteiger partial charge in [0.25, 0.3) is 0 Å². The van der Waals surface area contributed by atoms with Crippen molar-refractivity contribution in [1.29, 1.82) is 0 Å². The van der Waals surface area contributed by atoms with E-state index in [0.29, 0.717) is 18.3 Å². The van der Waals surface area contributed by atoms with E-state index in [9.17, 15) is 8.42 Å². The van der Waals surface area contributed by atoms with Crippen molar-refractivity contribution < 1.29 is 8.42 Å². The highest BCUT2D eigenvalue weighted by Gasteiger charge is 2.35. The first-order valence-corrected chi connectivity index (χ1v) is 10.8. The van der Waals surface area contributed by atoms with Gasteiger partial charge in [-0.3, -0.25) is 0 Å². The fraction of sp³-hybridized carbons (Fsp3) is 1.00. The molecule has 122 valence electrons. The summed E-state index contributed by atoms with van der Waals surface area (Å²) >= 11 is 0. The van der Waals surface area contributed by atoms with Gasteiger partial charge >= 0.3 is 0 Å². The molecule has 2 aliphatic carbocycles. The third-order valence-corrected chi connectivity index (χ3v) is 8.42. The second kappa shape index (κ2) is 6.99. The lowest BCUT2D eigenvalue weighted by molar-refractivity contribution is 0.150. The Labute approximate surface area is 130 Å². The van der Waals surface area contributed by atoms with Gasteiger partial charge in [-0.05, 0) is 37.5 Å². The van der Waals surface area contributed by atoms with Crippen molar-refractivity contribution in [2.45, 2.75) is 81.9 Å². The van der Waals surface area contributed by atoms with E-state index in [1.165, 1.54) is 57.8 Å². The fourth-order valence-corrected chi connectivity index (χ4v) is 6.69. The first-order valence-electron chi connectivity index (χ1n) is 9.12. The molecule has 0 unspecified atom stereocenters. The summed E-state index contributed by atoms with van der Waals surface area (Å²) in [6.07, 6.45) is 14.1. The molecule has 0 bridgehead atoms. The average Bonchev–Trinajstić information content (AvgIpc) is 2.85. The minimum absolute atomic E-state index is 0.105. The van der Waals surface area contributed by atoms with E-state index in [4.69, 9.17) is 0 Å². The van der Waals surface area contributed by atoms with Crippen LogP contribution in [0.15, 0.2) is 0 Å². The summed E-state index contributed by atoms with van der Waals surface area (Å²) in [5.41, 5.74) is 0. The van der Waals surface area contributed by atoms with Gasteiger partial charge < -0.3 is 5.32 Å². The molecule has 0 aromatic rings. The Balaban J connectivity index is 1.56. The first kappa shape index (κ1) is 15.8. The predicted molar refractivity (Wildman–Crippen MR) is 87.1 cm³/mol. The molecule has 1 heterocycles. The maximum Gasteiger partial charge on any atom is 0.154 e. The smallest absolute Gasteiger partial charge is 0.154 e. The summed E-state index contributed by atoms with van der Waals surface area (Å²) in [4.78, 5) is 0. The van der Waals surface area contributed by atoms with Crippen molar-refractivity contribution in [1.82, 2.24) is 5.32 Å². The Hall–Kier alpha value is -0.0900. The van der Waals surface area contributed by atoms with Crippen LogP contribution in [-0.2, 0) is 9.84 Å². The van der Waals surface area contributed by atoms with E-state index in [1.807, 2.05) is 0 Å². The number of nitrogens with one attached hydrogen (secondary N) is 1. The minimum atomic E-state index is -2.79. The molecule has 1 saturated heterocycles. The van der Waals surface area contributed by atoms with Gasteiger partial charge in [0.05, 0.1) is 11.0 Å². The molecule has 4 heteroatoms. The molecule has 0 aromatic heterocycles. The SMILES string of the molecule is O=S1(=O)CCC[C@@H]1CN[C@@H]1CCCC[C@@H]1C1CCCCC1. The standard InChI is InChI=1S/C17H31NO2S/c19-21(20)12-6-9-15(21)13-18-17-11-5-4-10-16(17)14-7-2-1-3-8-14/h14-18H,1-13H2/t15-,16-,17-/m1/s1. The van der Waals surface area contributed by atoms with Crippen molar-refractivity contribution in [2.75, 3.05) is 12.3 Å². The highest BCUT2D eigenvalue weighted by atomic mass is 32.2. The summed E-state index contributed by atoms with van der Waals surface area (Å²) in [6, 6.07) is 0.581. The Bertz CT molecular complexity index is 428. The zero-order valence-corrected chi connectivity index (χ0v) is 14.0. The van der Waals surface area contributed by atoms with Crippen LogP contribution in [-0.4, -0.2) is 32.0 Å². The monoisotopic (exact) mass is 313 g/mol. The predicted octanol–water partition coefficient (Wildman–Crippen LogP) is 3.29. The van der Waals surface area contributed by atoms with Crippen LogP contribution in [0.3, 0.4) is 0 Å². The lowest BCUT2D eigenvalue weighted by Crippen LogP contribution is -2.45. The van der Waals surface area contributed by atoms with E-state index < -0.39 is 9.84 Å². The summed E-state index contributed by atoms with van der Waals surface area (Å²) in [5, 5.41) is 3.58. The molecule has 3 aliphatic rings. The third-order valence-electron chi connectivity index (χ3n) is 6.15. The molecule has 0 radical (unpaired) electrons. The Kier molecular flexibility index (Phi) is 5.26. The van der Waals surface area contributed by atoms with Crippen LogP contribution in [0.4, 0.5) is 0 Å². The van der Waals surface area contributed by atoms with Crippen LogP contribution in [0, 0.1) is 11.8 Å². The zero-order chi connectivity index (χ0) is 14.7. The third kappa shape index (κ3) is 3.82. The number of rotatable bonds is 4. The topological polar surface area (TPSA) is 46.2 Å². The molecular weight excluding hydrogens is 282 g/mol. The Morgan fingerprint density at radius 3 is 2.24 bits per heavy atom. The second-order valence-corrected chi connectivity index (χ2v) is 9.89. The average molecular weight is 314 g/mol. The number of hydrogen-bond acceptors (Lipinski definition) is 3. The minimum Gasteiger partial charge on any atom is -0.312 e. The Morgan fingerprint density at radius 2 is 1.52 bits per heavy atom. The largest absolute Gasteiger partial charge is 0.312 e. The Morgan fingerprint density at radius 1 is 0.810 bits per heavy atom. The quantitative estimate of drug-likeness (QED) is 0.866. The number of hydrogen-bond donors (Lipinski definition) is 1. The van der Waals surface area contributed by atoms with Gasteiger partial charge in [-0.1, -0.05) is 44.9 Å². The molecule has 0 spiro atoms. The van der Waals surface area contributed by atoms with Gasteiger partial charge in [0.2, 0.25) is 0 Å². The first-order chi connectivity index (χ1) is 10.2. The van der Waals surface area contributed by atoms with E-state index in [0.717, 1.165) is 24.7 Å². The van der Waals surface area contributed by atoms with Gasteiger partial charge in [-0.2, -0.15) is 0 Å². The van der Waals surface area contributed by atoms with Crippen LogP contribution < -0.4 is 5.32 Å². The van der Waals surface area contributed by atoms with Gasteiger partial charge in [0.15, 0.2) is 9.84 Å². The molecular formula is C17H31NO2S. The molecule has 0 amide bonds. The van der Waals surface area contributed by atoms with Gasteiger partial charge in [0, 0.05) is 12.6 Å². The lowest BCUT2D eigenvalue weighted by atomic mass is 9.71. The molecule has 3 fully saturated rings. The highest BCUT2D eigenvalue weighted by Crippen LogP contribution is 2.38. The molecule has 3 atom stereocenters. The van der Waals surface area contributed by atoms with E-state index >= 15 is 0 Å². The fourth-order valence-electron chi connectivity index (χ4n) is 4.91. The molecule has 2 saturated carbocycles. The molecule has 1 N–H and O–H groups in total.